The van der Waals surface area contributed by atoms with Gasteiger partial charge >= 0.3 is 6.03 Å². The number of urea groups is 1. The van der Waals surface area contributed by atoms with Gasteiger partial charge < -0.3 is 15.5 Å². The third kappa shape index (κ3) is 4.09. The van der Waals surface area contributed by atoms with Gasteiger partial charge in [-0.2, -0.15) is 0 Å². The van der Waals surface area contributed by atoms with Gasteiger partial charge in [-0.1, -0.05) is 42.5 Å². The van der Waals surface area contributed by atoms with Crippen molar-refractivity contribution in [3.05, 3.63) is 77.4 Å². The van der Waals surface area contributed by atoms with Crippen LogP contribution in [0, 0.1) is 0 Å². The first-order chi connectivity index (χ1) is 16.0. The van der Waals surface area contributed by atoms with Gasteiger partial charge in [-0.15, -0.1) is 0 Å². The number of hydrogen-bond donors (Lipinski definition) is 2. The zero-order valence-electron chi connectivity index (χ0n) is 18.0. The molecule has 33 heavy (non-hydrogen) atoms. The summed E-state index contributed by atoms with van der Waals surface area (Å²) in [5.41, 5.74) is 2.89. The van der Waals surface area contributed by atoms with E-state index in [9.17, 15) is 19.2 Å². The Morgan fingerprint density at radius 3 is 2.61 bits per heavy atom. The van der Waals surface area contributed by atoms with E-state index >= 15 is 0 Å². The molecule has 7 heteroatoms. The summed E-state index contributed by atoms with van der Waals surface area (Å²) in [7, 11) is 0. The normalized spacial score (nSPS) is 17.9. The highest BCUT2D eigenvalue weighted by atomic mass is 16.2. The highest BCUT2D eigenvalue weighted by molar-refractivity contribution is 6.07. The van der Waals surface area contributed by atoms with Crippen molar-refractivity contribution in [1.29, 1.82) is 0 Å². The van der Waals surface area contributed by atoms with Crippen molar-refractivity contribution < 1.29 is 19.2 Å². The van der Waals surface area contributed by atoms with Gasteiger partial charge in [0.15, 0.2) is 5.78 Å². The predicted octanol–water partition coefficient (Wildman–Crippen LogP) is 3.81. The Hall–Kier alpha value is -4.00. The molecule has 0 radical (unpaired) electrons. The van der Waals surface area contributed by atoms with E-state index < -0.39 is 6.04 Å². The fraction of sp³-hybridized carbons (Fsp3) is 0.231. The number of amides is 3. The lowest BCUT2D eigenvalue weighted by Crippen LogP contribution is -2.44. The van der Waals surface area contributed by atoms with Gasteiger partial charge in [0.25, 0.3) is 5.91 Å². The second kappa shape index (κ2) is 8.50. The third-order valence-corrected chi connectivity index (χ3v) is 6.36. The van der Waals surface area contributed by atoms with Crippen molar-refractivity contribution in [3.63, 3.8) is 0 Å². The van der Waals surface area contributed by atoms with Gasteiger partial charge in [0.05, 0.1) is 12.5 Å². The van der Waals surface area contributed by atoms with Gasteiger partial charge in [0.1, 0.15) is 5.78 Å². The molecule has 166 valence electrons. The standard InChI is InChI=1S/C26H23N3O4/c30-20-10-11-23(24(31)13-20)29-15-22-18(6-3-7-21(22)25(29)32)14-27-26(33)28-19-9-8-16-4-1-2-5-17(16)12-19/h1-9,12,23H,10-11,13-15H2,(H2,27,28,33). The Labute approximate surface area is 190 Å². The molecule has 3 aromatic carbocycles. The van der Waals surface area contributed by atoms with E-state index in [2.05, 4.69) is 10.6 Å². The lowest BCUT2D eigenvalue weighted by Gasteiger charge is -2.29. The number of nitrogens with one attached hydrogen (secondary N) is 2. The number of nitrogens with zero attached hydrogens (tertiary/aromatic N) is 1. The van der Waals surface area contributed by atoms with Crippen molar-refractivity contribution in [2.75, 3.05) is 5.32 Å². The molecule has 0 spiro atoms. The summed E-state index contributed by atoms with van der Waals surface area (Å²) in [5.74, 6) is -0.454. The van der Waals surface area contributed by atoms with Crippen LogP contribution in [0.4, 0.5) is 10.5 Å². The van der Waals surface area contributed by atoms with E-state index in [4.69, 9.17) is 0 Å². The molecule has 1 heterocycles. The number of carbonyl (C=O) groups is 4. The average Bonchev–Trinajstić information content (AvgIpc) is 3.14. The minimum atomic E-state index is -0.556. The monoisotopic (exact) mass is 441 g/mol. The minimum absolute atomic E-state index is 0.0669. The molecule has 2 N–H and O–H groups in total. The lowest BCUT2D eigenvalue weighted by atomic mass is 9.92. The molecule has 5 rings (SSSR count). The van der Waals surface area contributed by atoms with Crippen LogP contribution in [-0.2, 0) is 22.7 Å². The molecule has 1 aliphatic heterocycles. The molecule has 1 aliphatic carbocycles. The van der Waals surface area contributed by atoms with Gasteiger partial charge in [0, 0.05) is 30.8 Å². The number of fused-ring (bicyclic) bond motifs is 2. The van der Waals surface area contributed by atoms with E-state index in [1.54, 1.807) is 17.0 Å². The Morgan fingerprint density at radius 1 is 0.970 bits per heavy atom. The molecule has 1 saturated carbocycles. The SMILES string of the molecule is O=C1CCC(N2Cc3c(CNC(=O)Nc4ccc5ccccc5c4)cccc3C2=O)C(=O)C1. The first-order valence-electron chi connectivity index (χ1n) is 11.0. The maximum Gasteiger partial charge on any atom is 0.319 e. The van der Waals surface area contributed by atoms with Crippen LogP contribution < -0.4 is 10.6 Å². The summed E-state index contributed by atoms with van der Waals surface area (Å²) in [5, 5.41) is 7.84. The molecular weight excluding hydrogens is 418 g/mol. The van der Waals surface area contributed by atoms with Crippen LogP contribution in [0.3, 0.4) is 0 Å². The topological polar surface area (TPSA) is 95.6 Å². The first kappa shape index (κ1) is 20.9. The zero-order valence-corrected chi connectivity index (χ0v) is 18.0. The van der Waals surface area contributed by atoms with E-state index in [1.165, 1.54) is 0 Å². The summed E-state index contributed by atoms with van der Waals surface area (Å²) in [6.45, 7) is 0.559. The minimum Gasteiger partial charge on any atom is -0.334 e. The highest BCUT2D eigenvalue weighted by Gasteiger charge is 2.39. The number of ketones is 2. The van der Waals surface area contributed by atoms with E-state index in [1.807, 2.05) is 48.5 Å². The molecule has 0 saturated heterocycles. The number of carbonyl (C=O) groups excluding carboxylic acids is 4. The van der Waals surface area contributed by atoms with Crippen molar-refractivity contribution in [1.82, 2.24) is 10.2 Å². The molecule has 3 aromatic rings. The average molecular weight is 441 g/mol. The molecule has 1 atom stereocenters. The van der Waals surface area contributed by atoms with Crippen LogP contribution in [0.25, 0.3) is 10.8 Å². The van der Waals surface area contributed by atoms with Crippen LogP contribution in [-0.4, -0.2) is 34.4 Å². The second-order valence-electron chi connectivity index (χ2n) is 8.48. The van der Waals surface area contributed by atoms with Crippen molar-refractivity contribution in [2.24, 2.45) is 0 Å². The summed E-state index contributed by atoms with van der Waals surface area (Å²) >= 11 is 0. The molecular formula is C26H23N3O4. The first-order valence-corrected chi connectivity index (χ1v) is 11.0. The molecule has 1 fully saturated rings. The Balaban J connectivity index is 1.26. The van der Waals surface area contributed by atoms with Gasteiger partial charge in [-0.3, -0.25) is 14.4 Å². The van der Waals surface area contributed by atoms with Crippen molar-refractivity contribution in [2.45, 2.75) is 38.4 Å². The van der Waals surface area contributed by atoms with Gasteiger partial charge in [-0.05, 0) is 46.5 Å². The van der Waals surface area contributed by atoms with E-state index in [-0.39, 0.29) is 36.5 Å². The highest BCUT2D eigenvalue weighted by Crippen LogP contribution is 2.31. The fourth-order valence-corrected chi connectivity index (χ4v) is 4.64. The molecule has 1 unspecified atom stereocenters. The van der Waals surface area contributed by atoms with E-state index in [0.717, 1.165) is 21.9 Å². The number of rotatable bonds is 4. The Morgan fingerprint density at radius 2 is 1.79 bits per heavy atom. The molecule has 3 amide bonds. The van der Waals surface area contributed by atoms with Gasteiger partial charge in [0.2, 0.25) is 0 Å². The number of Topliss-reactive ketones (excluding diaryl/α,β-unsaturated/α-hetero) is 2. The molecule has 2 aliphatic rings. The maximum atomic E-state index is 13.0. The second-order valence-corrected chi connectivity index (χ2v) is 8.48. The van der Waals surface area contributed by atoms with Crippen LogP contribution in [0.1, 0.15) is 40.7 Å². The predicted molar refractivity (Wildman–Crippen MR) is 124 cm³/mol. The van der Waals surface area contributed by atoms with Crippen molar-refractivity contribution >= 4 is 40.0 Å². The fourth-order valence-electron chi connectivity index (χ4n) is 4.64. The summed E-state index contributed by atoms with van der Waals surface area (Å²) in [4.78, 5) is 50.9. The summed E-state index contributed by atoms with van der Waals surface area (Å²) in [6.07, 6.45) is 0.590. The summed E-state index contributed by atoms with van der Waals surface area (Å²) < 4.78 is 0. The quantitative estimate of drug-likeness (QED) is 0.602. The van der Waals surface area contributed by atoms with Gasteiger partial charge in [-0.25, -0.2) is 4.79 Å². The molecule has 7 nitrogen and oxygen atoms in total. The summed E-state index contributed by atoms with van der Waals surface area (Å²) in [6, 6.07) is 18.1. The molecule has 0 bridgehead atoms. The third-order valence-electron chi connectivity index (χ3n) is 6.36. The zero-order chi connectivity index (χ0) is 22.9. The van der Waals surface area contributed by atoms with Crippen molar-refractivity contribution in [3.8, 4) is 0 Å². The number of anilines is 1. The number of hydrogen-bond acceptors (Lipinski definition) is 4. The smallest absolute Gasteiger partial charge is 0.319 e. The van der Waals surface area contributed by atoms with Crippen LogP contribution in [0.2, 0.25) is 0 Å². The Kier molecular flexibility index (Phi) is 5.38. The largest absolute Gasteiger partial charge is 0.334 e. The number of benzene rings is 3. The van der Waals surface area contributed by atoms with Crippen LogP contribution >= 0.6 is 0 Å². The Bertz CT molecular complexity index is 1300. The maximum absolute atomic E-state index is 13.0. The molecule has 0 aromatic heterocycles. The lowest BCUT2D eigenvalue weighted by molar-refractivity contribution is -0.133. The van der Waals surface area contributed by atoms with Crippen LogP contribution in [0.15, 0.2) is 60.7 Å². The van der Waals surface area contributed by atoms with E-state index in [0.29, 0.717) is 30.6 Å². The van der Waals surface area contributed by atoms with Crippen LogP contribution in [0.5, 0.6) is 0 Å².